The van der Waals surface area contributed by atoms with Gasteiger partial charge in [-0.1, -0.05) is 35.3 Å². The van der Waals surface area contributed by atoms with Gasteiger partial charge in [-0.25, -0.2) is 0 Å². The minimum Gasteiger partial charge on any atom is -0.304 e. The van der Waals surface area contributed by atoms with Crippen LogP contribution < -0.4 is 5.32 Å². The molecule has 0 aliphatic carbocycles. The summed E-state index contributed by atoms with van der Waals surface area (Å²) >= 11 is 11.8. The number of aryl methyl sites for hydroxylation is 1. The van der Waals surface area contributed by atoms with Crippen LogP contribution in [0.25, 0.3) is 0 Å². The van der Waals surface area contributed by atoms with Gasteiger partial charge in [0.05, 0.1) is 17.8 Å². The predicted octanol–water partition coefficient (Wildman–Crippen LogP) is 3.22. The number of hydrogen-bond donors (Lipinski definition) is 1. The van der Waals surface area contributed by atoms with Crippen molar-refractivity contribution >= 4 is 34.9 Å². The van der Waals surface area contributed by atoms with E-state index in [1.807, 2.05) is 24.3 Å². The Balaban J connectivity index is 1.70. The lowest BCUT2D eigenvalue weighted by Crippen LogP contribution is -2.17. The Hall–Kier alpha value is -2.31. The van der Waals surface area contributed by atoms with Gasteiger partial charge in [0.1, 0.15) is 5.69 Å². The van der Waals surface area contributed by atoms with Crippen LogP contribution in [0.1, 0.15) is 16.1 Å². The molecule has 1 N–H and O–H groups in total. The summed E-state index contributed by atoms with van der Waals surface area (Å²) in [6.45, 7) is 0.583. The zero-order valence-corrected chi connectivity index (χ0v) is 13.7. The number of rotatable bonds is 4. The molecule has 0 aliphatic heterocycles. The molecule has 0 spiro atoms. The smallest absolute Gasteiger partial charge is 0.276 e. The molecule has 0 atom stereocenters. The monoisotopic (exact) mass is 349 g/mol. The second kappa shape index (κ2) is 6.44. The topological polar surface area (TPSA) is 64.7 Å². The largest absolute Gasteiger partial charge is 0.304 e. The van der Waals surface area contributed by atoms with Gasteiger partial charge >= 0.3 is 0 Å². The molecule has 2 heterocycles. The van der Waals surface area contributed by atoms with Gasteiger partial charge < -0.3 is 5.32 Å². The molecule has 3 rings (SSSR count). The minimum atomic E-state index is -0.355. The molecule has 3 aromatic rings. The Kier molecular flexibility index (Phi) is 4.36. The Morgan fingerprint density at radius 3 is 2.61 bits per heavy atom. The summed E-state index contributed by atoms with van der Waals surface area (Å²) in [6, 6.07) is 9.23. The van der Waals surface area contributed by atoms with Crippen molar-refractivity contribution in [3.8, 4) is 0 Å². The van der Waals surface area contributed by atoms with E-state index in [1.165, 1.54) is 10.9 Å². The second-order valence-corrected chi connectivity index (χ2v) is 5.79. The number of nitrogens with one attached hydrogen (secondary N) is 1. The molecule has 0 aliphatic rings. The molecule has 0 bridgehead atoms. The van der Waals surface area contributed by atoms with E-state index in [0.29, 0.717) is 28.1 Å². The van der Waals surface area contributed by atoms with Crippen molar-refractivity contribution in [1.82, 2.24) is 19.6 Å². The van der Waals surface area contributed by atoms with E-state index in [2.05, 4.69) is 15.5 Å². The van der Waals surface area contributed by atoms with Crippen LogP contribution in [0.2, 0.25) is 10.0 Å². The van der Waals surface area contributed by atoms with E-state index in [4.69, 9.17) is 23.2 Å². The van der Waals surface area contributed by atoms with E-state index in [9.17, 15) is 4.79 Å². The average molecular weight is 350 g/mol. The molecule has 0 unspecified atom stereocenters. The molecule has 23 heavy (non-hydrogen) atoms. The van der Waals surface area contributed by atoms with Crippen molar-refractivity contribution in [2.75, 3.05) is 5.32 Å². The summed E-state index contributed by atoms with van der Waals surface area (Å²) < 4.78 is 3.14. The van der Waals surface area contributed by atoms with Crippen LogP contribution in [0.4, 0.5) is 5.82 Å². The lowest BCUT2D eigenvalue weighted by atomic mass is 10.2. The zero-order chi connectivity index (χ0) is 16.4. The standard InChI is InChI=1S/C15H13Cl2N5O/c1-21-14(12(17)8-18-21)15(23)19-13-6-7-22(20-13)9-10-2-4-11(16)5-3-10/h2-8H,9H2,1H3,(H,19,20,23). The fraction of sp³-hybridized carbons (Fsp3) is 0.133. The summed E-state index contributed by atoms with van der Waals surface area (Å²) in [4.78, 5) is 12.2. The Morgan fingerprint density at radius 2 is 1.96 bits per heavy atom. The number of benzene rings is 1. The van der Waals surface area contributed by atoms with Crippen molar-refractivity contribution in [2.24, 2.45) is 7.05 Å². The molecule has 0 radical (unpaired) electrons. The Bertz CT molecular complexity index is 818. The fourth-order valence-corrected chi connectivity index (χ4v) is 2.51. The van der Waals surface area contributed by atoms with Crippen LogP contribution in [0, 0.1) is 0 Å². The summed E-state index contributed by atoms with van der Waals surface area (Å²) in [5, 5.41) is 11.9. The number of aromatic nitrogens is 4. The maximum Gasteiger partial charge on any atom is 0.276 e. The molecular weight excluding hydrogens is 337 g/mol. The second-order valence-electron chi connectivity index (χ2n) is 4.94. The third-order valence-electron chi connectivity index (χ3n) is 3.25. The first kappa shape index (κ1) is 15.6. The highest BCUT2D eigenvalue weighted by molar-refractivity contribution is 6.34. The molecule has 0 saturated carbocycles. The van der Waals surface area contributed by atoms with Crippen LogP contribution in [-0.2, 0) is 13.6 Å². The highest BCUT2D eigenvalue weighted by atomic mass is 35.5. The van der Waals surface area contributed by atoms with Gasteiger partial charge in [0.15, 0.2) is 5.82 Å². The van der Waals surface area contributed by atoms with E-state index in [-0.39, 0.29) is 5.91 Å². The number of halogens is 2. The molecule has 0 saturated heterocycles. The van der Waals surface area contributed by atoms with E-state index < -0.39 is 0 Å². The molecule has 2 aromatic heterocycles. The van der Waals surface area contributed by atoms with Crippen molar-refractivity contribution in [1.29, 1.82) is 0 Å². The molecule has 8 heteroatoms. The molecule has 6 nitrogen and oxygen atoms in total. The molecule has 118 valence electrons. The van der Waals surface area contributed by atoms with Gasteiger partial charge in [-0.15, -0.1) is 0 Å². The quantitative estimate of drug-likeness (QED) is 0.786. The number of carbonyl (C=O) groups excluding carboxylic acids is 1. The minimum absolute atomic E-state index is 0.291. The summed E-state index contributed by atoms with van der Waals surface area (Å²) in [6.07, 6.45) is 3.21. The van der Waals surface area contributed by atoms with Gasteiger partial charge in [-0.3, -0.25) is 14.2 Å². The first-order chi connectivity index (χ1) is 11.0. The summed E-state index contributed by atoms with van der Waals surface area (Å²) in [7, 11) is 1.65. The predicted molar refractivity (Wildman–Crippen MR) is 89.0 cm³/mol. The fourth-order valence-electron chi connectivity index (χ4n) is 2.13. The SMILES string of the molecule is Cn1ncc(Cl)c1C(=O)Nc1ccn(Cc2ccc(Cl)cc2)n1. The van der Waals surface area contributed by atoms with Crippen LogP contribution in [0.15, 0.2) is 42.7 Å². The van der Waals surface area contributed by atoms with Gasteiger partial charge in [-0.05, 0) is 17.7 Å². The van der Waals surface area contributed by atoms with Crippen LogP contribution in [0.3, 0.4) is 0 Å². The molecule has 1 aromatic carbocycles. The summed E-state index contributed by atoms with van der Waals surface area (Å²) in [5.74, 6) is 0.0907. The third kappa shape index (κ3) is 3.55. The molecule has 1 amide bonds. The normalized spacial score (nSPS) is 10.7. The molecular formula is C15H13Cl2N5O. The molecule has 0 fully saturated rings. The Labute approximate surface area is 142 Å². The number of amides is 1. The van der Waals surface area contributed by atoms with Crippen molar-refractivity contribution in [2.45, 2.75) is 6.54 Å². The first-order valence-electron chi connectivity index (χ1n) is 6.79. The Morgan fingerprint density at radius 1 is 1.22 bits per heavy atom. The first-order valence-corrected chi connectivity index (χ1v) is 7.55. The maximum absolute atomic E-state index is 12.2. The number of hydrogen-bond acceptors (Lipinski definition) is 3. The van der Waals surface area contributed by atoms with E-state index in [1.54, 1.807) is 24.0 Å². The summed E-state index contributed by atoms with van der Waals surface area (Å²) in [5.41, 5.74) is 1.35. The van der Waals surface area contributed by atoms with E-state index in [0.717, 1.165) is 5.56 Å². The van der Waals surface area contributed by atoms with Crippen LogP contribution >= 0.6 is 23.2 Å². The lowest BCUT2D eigenvalue weighted by molar-refractivity contribution is 0.101. The third-order valence-corrected chi connectivity index (χ3v) is 3.78. The number of carbonyl (C=O) groups is 1. The van der Waals surface area contributed by atoms with Gasteiger partial charge in [-0.2, -0.15) is 10.2 Å². The van der Waals surface area contributed by atoms with E-state index >= 15 is 0 Å². The van der Waals surface area contributed by atoms with Crippen molar-refractivity contribution in [3.05, 3.63) is 64.0 Å². The van der Waals surface area contributed by atoms with Gasteiger partial charge in [0, 0.05) is 24.3 Å². The van der Waals surface area contributed by atoms with Gasteiger partial charge in [0.25, 0.3) is 5.91 Å². The number of nitrogens with zero attached hydrogens (tertiary/aromatic N) is 4. The number of anilines is 1. The lowest BCUT2D eigenvalue weighted by Gasteiger charge is -2.04. The zero-order valence-electron chi connectivity index (χ0n) is 12.2. The maximum atomic E-state index is 12.2. The highest BCUT2D eigenvalue weighted by Crippen LogP contribution is 2.16. The van der Waals surface area contributed by atoms with Crippen LogP contribution in [0.5, 0.6) is 0 Å². The van der Waals surface area contributed by atoms with Gasteiger partial charge in [0.2, 0.25) is 0 Å². The van der Waals surface area contributed by atoms with Crippen LogP contribution in [-0.4, -0.2) is 25.5 Å². The van der Waals surface area contributed by atoms with Crippen molar-refractivity contribution < 1.29 is 4.79 Å². The highest BCUT2D eigenvalue weighted by Gasteiger charge is 2.16. The van der Waals surface area contributed by atoms with Crippen molar-refractivity contribution in [3.63, 3.8) is 0 Å². The average Bonchev–Trinajstić information content (AvgIpc) is 3.08.